The number of carbonyl (C=O) groups is 3. The molecule has 52 heavy (non-hydrogen) atoms. The Labute approximate surface area is 319 Å². The van der Waals surface area contributed by atoms with Crippen molar-refractivity contribution in [1.82, 2.24) is 0 Å². The van der Waals surface area contributed by atoms with Crippen molar-refractivity contribution in [2.24, 2.45) is 0 Å². The minimum Gasteiger partial charge on any atom is -0.462 e. The van der Waals surface area contributed by atoms with Crippen molar-refractivity contribution in [2.45, 2.75) is 187 Å². The first kappa shape index (κ1) is 48.9. The van der Waals surface area contributed by atoms with Crippen LogP contribution in [0.25, 0.3) is 0 Å². The van der Waals surface area contributed by atoms with Gasteiger partial charge in [-0.25, -0.2) is 0 Å². The second-order valence-electron chi connectivity index (χ2n) is 13.5. The van der Waals surface area contributed by atoms with Gasteiger partial charge in [-0.2, -0.15) is 0 Å². The van der Waals surface area contributed by atoms with Crippen LogP contribution >= 0.6 is 0 Å². The molecule has 0 N–H and O–H groups in total. The standard InChI is InChI=1S/C46H76O6/c1-4-7-10-13-15-17-19-21-23-25-26-28-30-33-36-39-45(48)51-42-43(41-50-44(47)38-35-32-12-9-6-3)52-46(49)40-37-34-31-29-27-24-22-20-18-16-14-11-8-5-2/h7,10,15,17,20-23,26,28,33,36,43H,4-6,8-9,11-14,16,18-19,24-25,27,29-32,34-35,37-42H2,1-3H3/b10-7-,17-15-,22-20-,23-21-,28-26-,36-33-. The molecule has 0 amide bonds. The maximum Gasteiger partial charge on any atom is 0.309 e. The Balaban J connectivity index is 4.43. The van der Waals surface area contributed by atoms with Gasteiger partial charge in [-0.15, -0.1) is 0 Å². The Hall–Kier alpha value is -3.15. The third kappa shape index (κ3) is 38.1. The maximum absolute atomic E-state index is 12.6. The van der Waals surface area contributed by atoms with E-state index in [4.69, 9.17) is 14.2 Å². The first-order valence-electron chi connectivity index (χ1n) is 20.9. The fraction of sp³-hybridized carbons (Fsp3) is 0.674. The third-order valence-electron chi connectivity index (χ3n) is 8.48. The van der Waals surface area contributed by atoms with E-state index in [9.17, 15) is 14.4 Å². The van der Waals surface area contributed by atoms with Crippen molar-refractivity contribution in [1.29, 1.82) is 0 Å². The molecule has 0 saturated heterocycles. The van der Waals surface area contributed by atoms with E-state index in [1.54, 1.807) is 6.08 Å². The van der Waals surface area contributed by atoms with Gasteiger partial charge in [0.2, 0.25) is 0 Å². The highest BCUT2D eigenvalue weighted by Gasteiger charge is 2.19. The van der Waals surface area contributed by atoms with E-state index < -0.39 is 12.1 Å². The first-order chi connectivity index (χ1) is 25.5. The van der Waals surface area contributed by atoms with Gasteiger partial charge in [0.1, 0.15) is 13.2 Å². The van der Waals surface area contributed by atoms with Crippen LogP contribution in [-0.2, 0) is 28.6 Å². The second-order valence-corrected chi connectivity index (χ2v) is 13.5. The minimum absolute atomic E-state index is 0.110. The zero-order valence-electron chi connectivity index (χ0n) is 33.5. The molecule has 296 valence electrons. The molecule has 0 aliphatic carbocycles. The van der Waals surface area contributed by atoms with Crippen LogP contribution in [-0.4, -0.2) is 37.2 Å². The number of allylic oxidation sites excluding steroid dienone is 11. The minimum atomic E-state index is -0.813. The molecule has 6 heteroatoms. The largest absolute Gasteiger partial charge is 0.462 e. The molecule has 1 unspecified atom stereocenters. The van der Waals surface area contributed by atoms with Gasteiger partial charge in [0.15, 0.2) is 6.10 Å². The van der Waals surface area contributed by atoms with Crippen LogP contribution in [0.4, 0.5) is 0 Å². The van der Waals surface area contributed by atoms with Crippen molar-refractivity contribution in [2.75, 3.05) is 13.2 Å². The van der Waals surface area contributed by atoms with E-state index >= 15 is 0 Å². The average Bonchev–Trinajstić information content (AvgIpc) is 3.14. The molecule has 0 aliphatic heterocycles. The molecule has 0 bridgehead atoms. The van der Waals surface area contributed by atoms with Gasteiger partial charge in [-0.1, -0.05) is 164 Å². The lowest BCUT2D eigenvalue weighted by atomic mass is 10.1. The van der Waals surface area contributed by atoms with Gasteiger partial charge in [-0.3, -0.25) is 14.4 Å². The predicted molar refractivity (Wildman–Crippen MR) is 219 cm³/mol. The van der Waals surface area contributed by atoms with E-state index in [1.807, 2.05) is 6.08 Å². The summed E-state index contributed by atoms with van der Waals surface area (Å²) >= 11 is 0. The number of hydrogen-bond donors (Lipinski definition) is 0. The quantitative estimate of drug-likeness (QED) is 0.0277. The Bertz CT molecular complexity index is 1020. The Morgan fingerprint density at radius 2 is 0.827 bits per heavy atom. The monoisotopic (exact) mass is 725 g/mol. The van der Waals surface area contributed by atoms with Crippen molar-refractivity contribution < 1.29 is 28.6 Å². The molecule has 0 saturated carbocycles. The normalized spacial score (nSPS) is 12.8. The third-order valence-corrected chi connectivity index (χ3v) is 8.48. The fourth-order valence-corrected chi connectivity index (χ4v) is 5.33. The van der Waals surface area contributed by atoms with Crippen molar-refractivity contribution in [3.8, 4) is 0 Å². The number of carbonyl (C=O) groups excluding carboxylic acids is 3. The summed E-state index contributed by atoms with van der Waals surface area (Å²) in [6.45, 7) is 6.30. The van der Waals surface area contributed by atoms with E-state index in [2.05, 4.69) is 81.5 Å². The number of esters is 3. The lowest BCUT2D eigenvalue weighted by Crippen LogP contribution is -2.30. The van der Waals surface area contributed by atoms with Gasteiger partial charge in [0.05, 0.1) is 6.42 Å². The first-order valence-corrected chi connectivity index (χ1v) is 20.9. The summed E-state index contributed by atoms with van der Waals surface area (Å²) in [4.78, 5) is 37.3. The highest BCUT2D eigenvalue weighted by molar-refractivity contribution is 5.72. The molecule has 0 heterocycles. The highest BCUT2D eigenvalue weighted by Crippen LogP contribution is 2.12. The lowest BCUT2D eigenvalue weighted by molar-refractivity contribution is -0.166. The summed E-state index contributed by atoms with van der Waals surface area (Å²) in [5.74, 6) is -1.08. The van der Waals surface area contributed by atoms with Gasteiger partial charge in [0, 0.05) is 12.8 Å². The van der Waals surface area contributed by atoms with Crippen molar-refractivity contribution in [3.05, 3.63) is 72.9 Å². The lowest BCUT2D eigenvalue weighted by Gasteiger charge is -2.18. The van der Waals surface area contributed by atoms with Crippen LogP contribution < -0.4 is 0 Å². The Kier molecular flexibility index (Phi) is 38.2. The fourth-order valence-electron chi connectivity index (χ4n) is 5.33. The number of ether oxygens (including phenoxy) is 3. The molecule has 0 spiro atoms. The van der Waals surface area contributed by atoms with E-state index in [1.165, 1.54) is 44.9 Å². The molecule has 0 rings (SSSR count). The zero-order chi connectivity index (χ0) is 38.0. The highest BCUT2D eigenvalue weighted by atomic mass is 16.6. The summed E-state index contributed by atoms with van der Waals surface area (Å²) in [5, 5.41) is 0. The Morgan fingerprint density at radius 1 is 0.423 bits per heavy atom. The molecule has 0 aromatic carbocycles. The van der Waals surface area contributed by atoms with Crippen LogP contribution in [0, 0.1) is 0 Å². The molecule has 0 aromatic heterocycles. The average molecular weight is 725 g/mol. The number of unbranched alkanes of at least 4 members (excludes halogenated alkanes) is 14. The van der Waals surface area contributed by atoms with Crippen LogP contribution in [0.15, 0.2) is 72.9 Å². The van der Waals surface area contributed by atoms with Gasteiger partial charge >= 0.3 is 17.9 Å². The van der Waals surface area contributed by atoms with Gasteiger partial charge in [-0.05, 0) is 70.6 Å². The van der Waals surface area contributed by atoms with Crippen LogP contribution in [0.1, 0.15) is 181 Å². The van der Waals surface area contributed by atoms with Crippen molar-refractivity contribution in [3.63, 3.8) is 0 Å². The van der Waals surface area contributed by atoms with Gasteiger partial charge in [0.25, 0.3) is 0 Å². The summed E-state index contributed by atoms with van der Waals surface area (Å²) in [7, 11) is 0. The molecule has 6 nitrogen and oxygen atoms in total. The summed E-state index contributed by atoms with van der Waals surface area (Å²) in [5.41, 5.74) is 0. The molecule has 0 fully saturated rings. The smallest absolute Gasteiger partial charge is 0.309 e. The molecule has 1 atom stereocenters. The zero-order valence-corrected chi connectivity index (χ0v) is 33.5. The molecule has 0 radical (unpaired) electrons. The summed E-state index contributed by atoms with van der Waals surface area (Å²) < 4.78 is 16.4. The van der Waals surface area contributed by atoms with Crippen LogP contribution in [0.5, 0.6) is 0 Å². The van der Waals surface area contributed by atoms with Gasteiger partial charge < -0.3 is 14.2 Å². The summed E-state index contributed by atoms with van der Waals surface area (Å²) in [6, 6.07) is 0. The van der Waals surface area contributed by atoms with Crippen LogP contribution in [0.3, 0.4) is 0 Å². The molecule has 0 aromatic rings. The number of hydrogen-bond acceptors (Lipinski definition) is 6. The molecule has 0 aliphatic rings. The van der Waals surface area contributed by atoms with Crippen LogP contribution in [0.2, 0.25) is 0 Å². The number of rotatable bonds is 36. The van der Waals surface area contributed by atoms with E-state index in [0.717, 1.165) is 96.3 Å². The SMILES string of the molecule is CC/C=C\C/C=C\C/C=C\C/C=C\C/C=C\CC(=O)OCC(COC(=O)CCCCCCC)OC(=O)CCCCCCC/C=C\CCCCCCC. The van der Waals surface area contributed by atoms with Crippen molar-refractivity contribution >= 4 is 17.9 Å². The van der Waals surface area contributed by atoms with E-state index in [0.29, 0.717) is 12.8 Å². The van der Waals surface area contributed by atoms with E-state index in [-0.39, 0.29) is 31.6 Å². The topological polar surface area (TPSA) is 78.9 Å². The molecular formula is C46H76O6. The second kappa shape index (κ2) is 40.6. The Morgan fingerprint density at radius 3 is 1.33 bits per heavy atom. The maximum atomic E-state index is 12.6. The predicted octanol–water partition coefficient (Wildman–Crippen LogP) is 13.1. The molecular weight excluding hydrogens is 648 g/mol. The summed E-state index contributed by atoms with van der Waals surface area (Å²) in [6.07, 6.45) is 49.4.